The highest BCUT2D eigenvalue weighted by molar-refractivity contribution is 5.85. The molecule has 12 heteroatoms. The Morgan fingerprint density at radius 2 is 1.49 bits per heavy atom. The summed E-state index contributed by atoms with van der Waals surface area (Å²) in [6.07, 6.45) is 15.5. The van der Waals surface area contributed by atoms with Crippen LogP contribution < -0.4 is 16.4 Å². The first kappa shape index (κ1) is 54.1. The summed E-state index contributed by atoms with van der Waals surface area (Å²) in [6.45, 7) is 22.9. The van der Waals surface area contributed by atoms with Crippen LogP contribution in [0.2, 0.25) is 0 Å². The van der Waals surface area contributed by atoms with E-state index in [1.807, 2.05) is 30.3 Å². The molecule has 0 saturated heterocycles. The third-order valence-corrected chi connectivity index (χ3v) is 19.5. The van der Waals surface area contributed by atoms with Crippen LogP contribution in [0.15, 0.2) is 42.5 Å². The number of hydrogen-bond donors (Lipinski definition) is 4. The van der Waals surface area contributed by atoms with Crippen molar-refractivity contribution in [3.05, 3.63) is 48.0 Å². The third kappa shape index (κ3) is 11.1. The molecule has 3 amide bonds. The highest BCUT2D eigenvalue weighted by Crippen LogP contribution is 2.77. The molecule has 11 atom stereocenters. The van der Waals surface area contributed by atoms with Gasteiger partial charge < -0.3 is 30.9 Å². The minimum atomic E-state index is -1.17. The molecule has 384 valence electrons. The number of nitrogens with one attached hydrogen (secondary N) is 2. The number of benzene rings is 1. The zero-order valence-electron chi connectivity index (χ0n) is 43.5. The predicted molar refractivity (Wildman–Crippen MR) is 267 cm³/mol. The van der Waals surface area contributed by atoms with Gasteiger partial charge in [0.05, 0.1) is 17.3 Å². The lowest BCUT2D eigenvalue weighted by Crippen LogP contribution is -2.67. The monoisotopic (exact) mass is 958 g/mol. The predicted octanol–water partition coefficient (Wildman–Crippen LogP) is 10.4. The van der Waals surface area contributed by atoms with E-state index in [4.69, 9.17) is 15.2 Å². The first-order valence-electron chi connectivity index (χ1n) is 26.6. The fourth-order valence-corrected chi connectivity index (χ4v) is 15.5. The number of carboxylic acids is 1. The molecule has 0 heterocycles. The van der Waals surface area contributed by atoms with Gasteiger partial charge in [-0.2, -0.15) is 0 Å². The number of aliphatic carboxylic acids is 1. The number of nitrogens with two attached hydrogens (primary N) is 1. The van der Waals surface area contributed by atoms with E-state index >= 15 is 0 Å². The van der Waals surface area contributed by atoms with Gasteiger partial charge in [0, 0.05) is 24.8 Å². The minimum absolute atomic E-state index is 0.0343. The van der Waals surface area contributed by atoms with E-state index in [0.29, 0.717) is 36.6 Å². The lowest BCUT2D eigenvalue weighted by Gasteiger charge is -2.72. The maximum absolute atomic E-state index is 14.7. The summed E-state index contributed by atoms with van der Waals surface area (Å²) in [7, 11) is 0. The first-order chi connectivity index (χ1) is 32.4. The number of primary amides is 1. The molecular formula is C57H87N3O9. The Kier molecular flexibility index (Phi) is 17.0. The topological polar surface area (TPSA) is 191 Å². The van der Waals surface area contributed by atoms with E-state index in [1.165, 1.54) is 5.57 Å². The second kappa shape index (κ2) is 21.6. The molecule has 69 heavy (non-hydrogen) atoms. The average Bonchev–Trinajstić information content (AvgIpc) is 3.69. The maximum Gasteiger partial charge on any atom is 0.328 e. The Morgan fingerprint density at radius 1 is 0.812 bits per heavy atom. The molecule has 6 rings (SSSR count). The standard InChI is InChI=1S/C57H87N3O9/c1-37(2)39-26-31-57(50(65)59-34-18-13-11-10-12-17-21-46(62)60-41(23-25-45(58)61)49(64)68-36-38-19-15-14-16-20-38)33-32-55(8)40(48(39)57)22-24-43-54(7)29-28-44(69-47(63)35-52(3,4)51(66)67)53(5,6)42(54)27-30-56(43,55)9/h14-16,19-20,39-44,48H,1,10-13,17-18,21-36H2,2-9H3,(H2,58,61)(H,59,65)(H,60,62)(H,66,67)/t39-,40+,41-,42-,43+,44-,48+,54-,55+,56+,57-/m0/s1. The molecule has 5 aliphatic carbocycles. The van der Waals surface area contributed by atoms with Crippen molar-refractivity contribution in [1.82, 2.24) is 10.6 Å². The van der Waals surface area contributed by atoms with Crippen LogP contribution >= 0.6 is 0 Å². The molecule has 12 nitrogen and oxygen atoms in total. The Labute approximate surface area is 413 Å². The largest absolute Gasteiger partial charge is 0.481 e. The molecule has 5 N–H and O–H groups in total. The third-order valence-electron chi connectivity index (χ3n) is 19.5. The van der Waals surface area contributed by atoms with Crippen molar-refractivity contribution in [2.45, 2.75) is 203 Å². The lowest BCUT2D eigenvalue weighted by atomic mass is 9.32. The van der Waals surface area contributed by atoms with Gasteiger partial charge in [0.15, 0.2) is 0 Å². The van der Waals surface area contributed by atoms with Gasteiger partial charge in [0.1, 0.15) is 18.8 Å². The minimum Gasteiger partial charge on any atom is -0.481 e. The highest BCUT2D eigenvalue weighted by Gasteiger charge is 2.72. The normalized spacial score (nSPS) is 32.7. The molecule has 0 radical (unpaired) electrons. The summed E-state index contributed by atoms with van der Waals surface area (Å²) in [4.78, 5) is 76.7. The second-order valence-corrected chi connectivity index (χ2v) is 24.4. The number of amides is 3. The van der Waals surface area contributed by atoms with Gasteiger partial charge in [0.25, 0.3) is 0 Å². The quantitative estimate of drug-likeness (QED) is 0.0498. The van der Waals surface area contributed by atoms with Gasteiger partial charge in [0.2, 0.25) is 17.7 Å². The SMILES string of the molecule is C=C(C)[C@@H]1CC[C@]2(C(=O)NCCCCCCCCC(=O)N[C@@H](CCC(N)=O)C(=O)OCc3ccccc3)CC[C@]3(C)[C@H](CC[C@@H]4[C@@]5(C)CC[C@H](OC(=O)CC(C)(C)C(=O)O)C(C)(C)[C@@H]5CC[C@]43C)[C@@H]12. The van der Waals surface area contributed by atoms with Crippen LogP contribution in [-0.4, -0.2) is 59.4 Å². The van der Waals surface area contributed by atoms with Gasteiger partial charge in [-0.3, -0.25) is 24.0 Å². The average molecular weight is 958 g/mol. The van der Waals surface area contributed by atoms with Crippen LogP contribution in [0.4, 0.5) is 0 Å². The summed E-state index contributed by atoms with van der Waals surface area (Å²) in [6, 6.07) is 8.35. The number of ether oxygens (including phenoxy) is 2. The molecular weight excluding hydrogens is 871 g/mol. The summed E-state index contributed by atoms with van der Waals surface area (Å²) in [5, 5.41) is 15.9. The van der Waals surface area contributed by atoms with E-state index in [1.54, 1.807) is 13.8 Å². The number of hydrogen-bond acceptors (Lipinski definition) is 8. The van der Waals surface area contributed by atoms with E-state index < -0.39 is 35.3 Å². The summed E-state index contributed by atoms with van der Waals surface area (Å²) in [5.41, 5.74) is 5.84. The number of esters is 2. The van der Waals surface area contributed by atoms with Crippen LogP contribution in [-0.2, 0) is 44.8 Å². The number of rotatable bonds is 22. The van der Waals surface area contributed by atoms with E-state index in [-0.39, 0.29) is 83.2 Å². The van der Waals surface area contributed by atoms with Crippen LogP contribution in [0.5, 0.6) is 0 Å². The Hall–Kier alpha value is -4.22. The smallest absolute Gasteiger partial charge is 0.328 e. The molecule has 1 aromatic carbocycles. The van der Waals surface area contributed by atoms with Crippen LogP contribution in [0, 0.1) is 62.1 Å². The summed E-state index contributed by atoms with van der Waals surface area (Å²) in [5.74, 6) is -0.619. The van der Waals surface area contributed by atoms with Crippen molar-refractivity contribution >= 4 is 35.6 Å². The van der Waals surface area contributed by atoms with E-state index in [2.05, 4.69) is 58.8 Å². The van der Waals surface area contributed by atoms with Crippen LogP contribution in [0.25, 0.3) is 0 Å². The molecule has 1 aromatic rings. The number of carbonyl (C=O) groups excluding carboxylic acids is 5. The maximum atomic E-state index is 14.7. The van der Waals surface area contributed by atoms with Gasteiger partial charge >= 0.3 is 17.9 Å². The lowest BCUT2D eigenvalue weighted by molar-refractivity contribution is -0.249. The number of carboxylic acid groups (broad SMARTS) is 1. The van der Waals surface area contributed by atoms with Crippen molar-refractivity contribution in [2.75, 3.05) is 6.54 Å². The molecule has 5 aliphatic rings. The molecule has 0 aliphatic heterocycles. The fraction of sp³-hybridized carbons (Fsp3) is 0.754. The number of unbranched alkanes of at least 4 members (excludes halogenated alkanes) is 5. The molecule has 0 bridgehead atoms. The molecule has 0 aromatic heterocycles. The van der Waals surface area contributed by atoms with Gasteiger partial charge in [-0.1, -0.05) is 103 Å². The van der Waals surface area contributed by atoms with Gasteiger partial charge in [-0.05, 0) is 156 Å². The van der Waals surface area contributed by atoms with Crippen LogP contribution in [0.3, 0.4) is 0 Å². The van der Waals surface area contributed by atoms with E-state index in [0.717, 1.165) is 102 Å². The van der Waals surface area contributed by atoms with Crippen molar-refractivity contribution in [3.63, 3.8) is 0 Å². The van der Waals surface area contributed by atoms with E-state index in [9.17, 15) is 33.9 Å². The van der Waals surface area contributed by atoms with Crippen molar-refractivity contribution in [1.29, 1.82) is 0 Å². The summed E-state index contributed by atoms with van der Waals surface area (Å²) >= 11 is 0. The van der Waals surface area contributed by atoms with Crippen molar-refractivity contribution < 1.29 is 43.3 Å². The molecule has 5 fully saturated rings. The highest BCUT2D eigenvalue weighted by atomic mass is 16.5. The van der Waals surface area contributed by atoms with Crippen molar-refractivity contribution in [2.24, 2.45) is 67.8 Å². The number of allylic oxidation sites excluding steroid dienone is 1. The van der Waals surface area contributed by atoms with Crippen LogP contribution in [0.1, 0.15) is 189 Å². The zero-order valence-corrected chi connectivity index (χ0v) is 43.5. The Bertz CT molecular complexity index is 2050. The number of fused-ring (bicyclic) bond motifs is 7. The first-order valence-corrected chi connectivity index (χ1v) is 26.6. The molecule has 5 saturated carbocycles. The number of carbonyl (C=O) groups is 6. The Morgan fingerprint density at radius 3 is 2.16 bits per heavy atom. The molecule has 0 spiro atoms. The second-order valence-electron chi connectivity index (χ2n) is 24.4. The zero-order chi connectivity index (χ0) is 50.6. The van der Waals surface area contributed by atoms with Gasteiger partial charge in [-0.15, -0.1) is 0 Å². The Balaban J connectivity index is 0.989. The summed E-state index contributed by atoms with van der Waals surface area (Å²) < 4.78 is 11.6. The van der Waals surface area contributed by atoms with Gasteiger partial charge in [-0.25, -0.2) is 4.79 Å². The molecule has 0 unspecified atom stereocenters. The fourth-order valence-electron chi connectivity index (χ4n) is 15.5. The van der Waals surface area contributed by atoms with Crippen molar-refractivity contribution in [3.8, 4) is 0 Å².